The summed E-state index contributed by atoms with van der Waals surface area (Å²) in [6.45, 7) is 10.9. The van der Waals surface area contributed by atoms with Crippen LogP contribution in [0.1, 0.15) is 39.2 Å². The zero-order valence-corrected chi connectivity index (χ0v) is 13.1. The largest absolute Gasteiger partial charge is 0.491 e. The smallest absolute Gasteiger partial charge is 0.124 e. The van der Waals surface area contributed by atoms with Gasteiger partial charge in [-0.2, -0.15) is 0 Å². The number of nitrogens with zero attached hydrogens (tertiary/aromatic N) is 1. The summed E-state index contributed by atoms with van der Waals surface area (Å²) in [5.74, 6) is 1.00. The number of hydrogen-bond acceptors (Lipinski definition) is 3. The molecule has 1 aliphatic rings. The third kappa shape index (κ3) is 4.50. The number of hydrogen-bond donors (Lipinski definition) is 1. The molecule has 0 aromatic heterocycles. The van der Waals surface area contributed by atoms with Crippen molar-refractivity contribution < 1.29 is 4.74 Å². The van der Waals surface area contributed by atoms with Gasteiger partial charge in [0, 0.05) is 24.7 Å². The van der Waals surface area contributed by atoms with Crippen molar-refractivity contribution in [3.05, 3.63) is 29.8 Å². The number of para-hydroxylation sites is 1. The summed E-state index contributed by atoms with van der Waals surface area (Å²) in [7, 11) is 0. The van der Waals surface area contributed by atoms with E-state index in [1.165, 1.54) is 31.5 Å². The van der Waals surface area contributed by atoms with E-state index in [0.29, 0.717) is 6.04 Å². The summed E-state index contributed by atoms with van der Waals surface area (Å²) >= 11 is 0. The molecule has 0 saturated carbocycles. The van der Waals surface area contributed by atoms with Gasteiger partial charge < -0.3 is 10.1 Å². The number of benzene rings is 1. The second kappa shape index (κ2) is 7.65. The Hall–Kier alpha value is -1.06. The van der Waals surface area contributed by atoms with Crippen LogP contribution in [0.3, 0.4) is 0 Å². The molecule has 2 rings (SSSR count). The van der Waals surface area contributed by atoms with Crippen LogP contribution in [0.25, 0.3) is 0 Å². The zero-order valence-electron chi connectivity index (χ0n) is 13.1. The van der Waals surface area contributed by atoms with Crippen LogP contribution in [0.2, 0.25) is 0 Å². The molecule has 0 amide bonds. The van der Waals surface area contributed by atoms with Crippen molar-refractivity contribution in [1.82, 2.24) is 10.2 Å². The molecule has 1 N–H and O–H groups in total. The lowest BCUT2D eigenvalue weighted by molar-refractivity contribution is 0.237. The minimum atomic E-state index is 0.222. The predicted octanol–water partition coefficient (Wildman–Crippen LogP) is 3.05. The first-order valence-electron chi connectivity index (χ1n) is 7.86. The molecule has 1 fully saturated rings. The molecule has 20 heavy (non-hydrogen) atoms. The normalized spacial score (nSPS) is 17.6. The van der Waals surface area contributed by atoms with E-state index in [9.17, 15) is 0 Å². The lowest BCUT2D eigenvalue weighted by Crippen LogP contribution is -2.38. The molecular formula is C17H28N2O. The van der Waals surface area contributed by atoms with Gasteiger partial charge >= 0.3 is 0 Å². The fraction of sp³-hybridized carbons (Fsp3) is 0.647. The van der Waals surface area contributed by atoms with E-state index in [1.807, 2.05) is 6.07 Å². The van der Waals surface area contributed by atoms with Crippen molar-refractivity contribution in [3.63, 3.8) is 0 Å². The van der Waals surface area contributed by atoms with Crippen LogP contribution in [0.5, 0.6) is 5.75 Å². The highest BCUT2D eigenvalue weighted by molar-refractivity contribution is 5.33. The van der Waals surface area contributed by atoms with Crippen LogP contribution >= 0.6 is 0 Å². The zero-order chi connectivity index (χ0) is 14.4. The highest BCUT2D eigenvalue weighted by Crippen LogP contribution is 2.19. The van der Waals surface area contributed by atoms with Gasteiger partial charge in [0.2, 0.25) is 0 Å². The number of rotatable bonds is 7. The van der Waals surface area contributed by atoms with Gasteiger partial charge in [-0.3, -0.25) is 4.90 Å². The average Bonchev–Trinajstić information content (AvgIpc) is 2.94. The first kappa shape index (κ1) is 15.3. The quantitative estimate of drug-likeness (QED) is 0.828. The Labute approximate surface area is 123 Å². The lowest BCUT2D eigenvalue weighted by Gasteiger charge is -2.24. The Morgan fingerprint density at radius 2 is 1.85 bits per heavy atom. The van der Waals surface area contributed by atoms with Gasteiger partial charge in [-0.25, -0.2) is 0 Å². The van der Waals surface area contributed by atoms with E-state index in [0.717, 1.165) is 18.8 Å². The van der Waals surface area contributed by atoms with Gasteiger partial charge in [0.25, 0.3) is 0 Å². The Kier molecular flexibility index (Phi) is 5.86. The molecule has 3 heteroatoms. The Morgan fingerprint density at radius 3 is 2.55 bits per heavy atom. The van der Waals surface area contributed by atoms with Gasteiger partial charge in [0.15, 0.2) is 0 Å². The molecule has 1 heterocycles. The number of likely N-dealkylation sites (tertiary alicyclic amines) is 1. The minimum absolute atomic E-state index is 0.222. The standard InChI is InChI=1S/C17H28N2O/c1-14(2)20-17-9-5-4-8-16(17)13-18-12-15(3)19-10-6-7-11-19/h4-5,8-9,14-15,18H,6-7,10-13H2,1-3H3. The maximum absolute atomic E-state index is 5.85. The highest BCUT2D eigenvalue weighted by Gasteiger charge is 2.17. The number of nitrogens with one attached hydrogen (secondary N) is 1. The Morgan fingerprint density at radius 1 is 1.15 bits per heavy atom. The third-order valence-electron chi connectivity index (χ3n) is 3.85. The molecule has 1 aliphatic heterocycles. The topological polar surface area (TPSA) is 24.5 Å². The summed E-state index contributed by atoms with van der Waals surface area (Å²) in [6, 6.07) is 8.93. The van der Waals surface area contributed by atoms with Crippen LogP contribution in [0, 0.1) is 0 Å². The molecule has 0 spiro atoms. The van der Waals surface area contributed by atoms with Gasteiger partial charge in [-0.1, -0.05) is 18.2 Å². The van der Waals surface area contributed by atoms with Crippen molar-refractivity contribution in [1.29, 1.82) is 0 Å². The molecular weight excluding hydrogens is 248 g/mol. The van der Waals surface area contributed by atoms with Crippen LogP contribution in [-0.4, -0.2) is 36.7 Å². The minimum Gasteiger partial charge on any atom is -0.491 e. The second-order valence-corrected chi connectivity index (χ2v) is 6.00. The van der Waals surface area contributed by atoms with Crippen molar-refractivity contribution in [3.8, 4) is 5.75 Å². The van der Waals surface area contributed by atoms with E-state index in [-0.39, 0.29) is 6.10 Å². The highest BCUT2D eigenvalue weighted by atomic mass is 16.5. The van der Waals surface area contributed by atoms with Crippen LogP contribution in [0.15, 0.2) is 24.3 Å². The summed E-state index contributed by atoms with van der Waals surface area (Å²) < 4.78 is 5.85. The maximum atomic E-state index is 5.85. The van der Waals surface area contributed by atoms with Crippen LogP contribution in [-0.2, 0) is 6.54 Å². The molecule has 1 unspecified atom stereocenters. The SMILES string of the molecule is CC(C)Oc1ccccc1CNCC(C)N1CCCC1. The fourth-order valence-electron chi connectivity index (χ4n) is 2.75. The molecule has 1 atom stereocenters. The summed E-state index contributed by atoms with van der Waals surface area (Å²) in [4.78, 5) is 2.57. The van der Waals surface area contributed by atoms with Crippen molar-refractivity contribution in [2.45, 2.75) is 52.3 Å². The fourth-order valence-corrected chi connectivity index (χ4v) is 2.75. The molecule has 3 nitrogen and oxygen atoms in total. The van der Waals surface area contributed by atoms with E-state index in [1.54, 1.807) is 0 Å². The monoisotopic (exact) mass is 276 g/mol. The van der Waals surface area contributed by atoms with Crippen molar-refractivity contribution in [2.24, 2.45) is 0 Å². The van der Waals surface area contributed by atoms with E-state index >= 15 is 0 Å². The second-order valence-electron chi connectivity index (χ2n) is 6.00. The summed E-state index contributed by atoms with van der Waals surface area (Å²) in [5.41, 5.74) is 1.25. The van der Waals surface area contributed by atoms with Gasteiger partial charge in [0.05, 0.1) is 6.10 Å². The van der Waals surface area contributed by atoms with Gasteiger partial charge in [0.1, 0.15) is 5.75 Å². The Bertz CT molecular complexity index is 400. The van der Waals surface area contributed by atoms with E-state index < -0.39 is 0 Å². The third-order valence-corrected chi connectivity index (χ3v) is 3.85. The molecule has 0 radical (unpaired) electrons. The summed E-state index contributed by atoms with van der Waals surface area (Å²) in [5, 5.41) is 3.57. The van der Waals surface area contributed by atoms with E-state index in [2.05, 4.69) is 49.2 Å². The molecule has 1 aromatic rings. The van der Waals surface area contributed by atoms with Crippen molar-refractivity contribution >= 4 is 0 Å². The first-order chi connectivity index (χ1) is 9.66. The molecule has 0 aliphatic carbocycles. The molecule has 1 aromatic carbocycles. The predicted molar refractivity (Wildman–Crippen MR) is 84.2 cm³/mol. The molecule has 1 saturated heterocycles. The van der Waals surface area contributed by atoms with Gasteiger partial charge in [-0.05, 0) is 52.8 Å². The molecule has 112 valence electrons. The summed E-state index contributed by atoms with van der Waals surface area (Å²) in [6.07, 6.45) is 2.94. The maximum Gasteiger partial charge on any atom is 0.124 e. The van der Waals surface area contributed by atoms with Crippen molar-refractivity contribution in [2.75, 3.05) is 19.6 Å². The molecule has 0 bridgehead atoms. The first-order valence-corrected chi connectivity index (χ1v) is 7.86. The van der Waals surface area contributed by atoms with Crippen LogP contribution < -0.4 is 10.1 Å². The lowest BCUT2D eigenvalue weighted by atomic mass is 10.2. The van der Waals surface area contributed by atoms with E-state index in [4.69, 9.17) is 4.74 Å². The Balaban J connectivity index is 1.81. The average molecular weight is 276 g/mol. The number of ether oxygens (including phenoxy) is 1. The van der Waals surface area contributed by atoms with Gasteiger partial charge in [-0.15, -0.1) is 0 Å². The van der Waals surface area contributed by atoms with Crippen LogP contribution in [0.4, 0.5) is 0 Å².